The Morgan fingerprint density at radius 1 is 1.44 bits per heavy atom. The summed E-state index contributed by atoms with van der Waals surface area (Å²) in [7, 11) is 1.85. The molecule has 1 heterocycles. The fourth-order valence-electron chi connectivity index (χ4n) is 2.10. The highest BCUT2D eigenvalue weighted by molar-refractivity contribution is 5.91. The highest BCUT2D eigenvalue weighted by Crippen LogP contribution is 2.18. The van der Waals surface area contributed by atoms with Crippen molar-refractivity contribution in [2.45, 2.75) is 38.3 Å². The van der Waals surface area contributed by atoms with Gasteiger partial charge in [-0.05, 0) is 32.0 Å². The van der Waals surface area contributed by atoms with Crippen LogP contribution >= 0.6 is 0 Å². The van der Waals surface area contributed by atoms with Gasteiger partial charge in [0.15, 0.2) is 5.76 Å². The molecule has 2 rings (SSSR count). The number of hydrogen-bond acceptors (Lipinski definition) is 3. The van der Waals surface area contributed by atoms with Crippen LogP contribution in [0.2, 0.25) is 0 Å². The normalized spacial score (nSPS) is 16.6. The molecule has 0 unspecified atom stereocenters. The van der Waals surface area contributed by atoms with Crippen molar-refractivity contribution in [3.8, 4) is 0 Å². The Morgan fingerprint density at radius 2 is 2.19 bits per heavy atom. The van der Waals surface area contributed by atoms with Crippen molar-refractivity contribution in [2.24, 2.45) is 0 Å². The van der Waals surface area contributed by atoms with Gasteiger partial charge in [-0.15, -0.1) is 0 Å². The van der Waals surface area contributed by atoms with Gasteiger partial charge in [0.05, 0.1) is 6.54 Å². The van der Waals surface area contributed by atoms with Crippen molar-refractivity contribution in [2.75, 3.05) is 7.05 Å². The van der Waals surface area contributed by atoms with Crippen LogP contribution in [0.5, 0.6) is 0 Å². The molecule has 88 valence electrons. The van der Waals surface area contributed by atoms with Gasteiger partial charge in [0.25, 0.3) is 5.91 Å². The summed E-state index contributed by atoms with van der Waals surface area (Å²) >= 11 is 0. The molecule has 0 bridgehead atoms. The summed E-state index contributed by atoms with van der Waals surface area (Å²) in [6.45, 7) is 0.650. The topological polar surface area (TPSA) is 54.3 Å². The number of nitrogens with one attached hydrogen (secondary N) is 2. The van der Waals surface area contributed by atoms with Gasteiger partial charge in [-0.3, -0.25) is 4.79 Å². The first kappa shape index (κ1) is 11.2. The first-order valence-electron chi connectivity index (χ1n) is 5.84. The monoisotopic (exact) mass is 222 g/mol. The van der Waals surface area contributed by atoms with Gasteiger partial charge in [-0.2, -0.15) is 0 Å². The summed E-state index contributed by atoms with van der Waals surface area (Å²) in [4.78, 5) is 11.8. The quantitative estimate of drug-likeness (QED) is 0.814. The van der Waals surface area contributed by atoms with E-state index in [-0.39, 0.29) is 5.91 Å². The van der Waals surface area contributed by atoms with E-state index >= 15 is 0 Å². The predicted molar refractivity (Wildman–Crippen MR) is 61.2 cm³/mol. The van der Waals surface area contributed by atoms with E-state index in [0.717, 1.165) is 18.6 Å². The molecule has 0 atom stereocenters. The van der Waals surface area contributed by atoms with E-state index in [1.807, 2.05) is 13.1 Å². The van der Waals surface area contributed by atoms with Gasteiger partial charge in [0.2, 0.25) is 0 Å². The van der Waals surface area contributed by atoms with Crippen molar-refractivity contribution in [3.63, 3.8) is 0 Å². The van der Waals surface area contributed by atoms with Crippen LogP contribution in [-0.4, -0.2) is 19.0 Å². The molecule has 16 heavy (non-hydrogen) atoms. The smallest absolute Gasteiger partial charge is 0.287 e. The Bertz CT molecular complexity index is 354. The second kappa shape index (κ2) is 5.16. The van der Waals surface area contributed by atoms with Crippen LogP contribution in [0.1, 0.15) is 42.0 Å². The number of carbonyl (C=O) groups excluding carboxylic acids is 1. The van der Waals surface area contributed by atoms with E-state index in [9.17, 15) is 4.79 Å². The highest BCUT2D eigenvalue weighted by Gasteiger charge is 2.19. The third-order valence-corrected chi connectivity index (χ3v) is 2.93. The first-order valence-corrected chi connectivity index (χ1v) is 5.84. The fourth-order valence-corrected chi connectivity index (χ4v) is 2.10. The average Bonchev–Trinajstić information content (AvgIpc) is 2.89. The van der Waals surface area contributed by atoms with Crippen LogP contribution in [0.4, 0.5) is 0 Å². The Labute approximate surface area is 95.4 Å². The summed E-state index contributed by atoms with van der Waals surface area (Å²) < 4.78 is 5.42. The van der Waals surface area contributed by atoms with Crippen LogP contribution < -0.4 is 10.6 Å². The zero-order chi connectivity index (χ0) is 11.4. The standard InChI is InChI=1S/C12H18N2O2/c1-13-8-10-6-7-11(16-10)12(15)14-9-4-2-3-5-9/h6-7,9,13H,2-5,8H2,1H3,(H,14,15). The van der Waals surface area contributed by atoms with Crippen molar-refractivity contribution in [1.82, 2.24) is 10.6 Å². The van der Waals surface area contributed by atoms with Gasteiger partial charge in [0, 0.05) is 6.04 Å². The number of carbonyl (C=O) groups is 1. The summed E-state index contributed by atoms with van der Waals surface area (Å²) in [5.41, 5.74) is 0. The van der Waals surface area contributed by atoms with Crippen LogP contribution in [0.15, 0.2) is 16.5 Å². The predicted octanol–water partition coefficient (Wildman–Crippen LogP) is 1.67. The van der Waals surface area contributed by atoms with Crippen LogP contribution in [0.3, 0.4) is 0 Å². The van der Waals surface area contributed by atoms with E-state index < -0.39 is 0 Å². The van der Waals surface area contributed by atoms with E-state index in [4.69, 9.17) is 4.42 Å². The molecule has 1 aromatic heterocycles. The third kappa shape index (κ3) is 2.64. The SMILES string of the molecule is CNCc1ccc(C(=O)NC2CCCC2)o1. The van der Waals surface area contributed by atoms with E-state index in [1.54, 1.807) is 6.07 Å². The average molecular weight is 222 g/mol. The van der Waals surface area contributed by atoms with Crippen LogP contribution in [0, 0.1) is 0 Å². The molecule has 2 N–H and O–H groups in total. The van der Waals surface area contributed by atoms with Gasteiger partial charge < -0.3 is 15.1 Å². The van der Waals surface area contributed by atoms with E-state index in [2.05, 4.69) is 10.6 Å². The van der Waals surface area contributed by atoms with Gasteiger partial charge in [0.1, 0.15) is 5.76 Å². The summed E-state index contributed by atoms with van der Waals surface area (Å²) in [5.74, 6) is 1.12. The van der Waals surface area contributed by atoms with E-state index in [0.29, 0.717) is 18.3 Å². The maximum absolute atomic E-state index is 11.8. The third-order valence-electron chi connectivity index (χ3n) is 2.93. The lowest BCUT2D eigenvalue weighted by molar-refractivity contribution is 0.0908. The molecular formula is C12H18N2O2. The second-order valence-corrected chi connectivity index (χ2v) is 4.25. The minimum Gasteiger partial charge on any atom is -0.455 e. The summed E-state index contributed by atoms with van der Waals surface area (Å²) in [6.07, 6.45) is 4.62. The summed E-state index contributed by atoms with van der Waals surface area (Å²) in [5, 5.41) is 5.98. The number of rotatable bonds is 4. The maximum Gasteiger partial charge on any atom is 0.287 e. The summed E-state index contributed by atoms with van der Waals surface area (Å²) in [6, 6.07) is 3.90. The first-order chi connectivity index (χ1) is 7.79. The minimum absolute atomic E-state index is 0.0887. The molecule has 0 aliphatic heterocycles. The Kier molecular flexibility index (Phi) is 3.62. The van der Waals surface area contributed by atoms with Gasteiger partial charge in [-0.1, -0.05) is 12.8 Å². The molecule has 0 aromatic carbocycles. The molecule has 1 aromatic rings. The van der Waals surface area contributed by atoms with Crippen molar-refractivity contribution in [1.29, 1.82) is 0 Å². The molecule has 1 fully saturated rings. The molecule has 0 spiro atoms. The molecule has 1 aliphatic carbocycles. The molecule has 0 saturated heterocycles. The molecule has 1 aliphatic rings. The number of furan rings is 1. The van der Waals surface area contributed by atoms with Crippen molar-refractivity contribution in [3.05, 3.63) is 23.7 Å². The van der Waals surface area contributed by atoms with Crippen LogP contribution in [0.25, 0.3) is 0 Å². The number of hydrogen-bond donors (Lipinski definition) is 2. The molecule has 1 amide bonds. The molecule has 0 radical (unpaired) electrons. The van der Waals surface area contributed by atoms with Gasteiger partial charge in [-0.25, -0.2) is 0 Å². The lowest BCUT2D eigenvalue weighted by Gasteiger charge is -2.09. The van der Waals surface area contributed by atoms with Crippen molar-refractivity contribution < 1.29 is 9.21 Å². The largest absolute Gasteiger partial charge is 0.455 e. The molecular weight excluding hydrogens is 204 g/mol. The Morgan fingerprint density at radius 3 is 2.88 bits per heavy atom. The number of amides is 1. The lowest BCUT2D eigenvalue weighted by atomic mass is 10.2. The minimum atomic E-state index is -0.0887. The van der Waals surface area contributed by atoms with E-state index in [1.165, 1.54) is 12.8 Å². The zero-order valence-electron chi connectivity index (χ0n) is 9.58. The maximum atomic E-state index is 11.8. The van der Waals surface area contributed by atoms with Crippen molar-refractivity contribution >= 4 is 5.91 Å². The molecule has 4 nitrogen and oxygen atoms in total. The Hall–Kier alpha value is -1.29. The zero-order valence-corrected chi connectivity index (χ0v) is 9.58. The van der Waals surface area contributed by atoms with Crippen LogP contribution in [-0.2, 0) is 6.54 Å². The highest BCUT2D eigenvalue weighted by atomic mass is 16.4. The second-order valence-electron chi connectivity index (χ2n) is 4.25. The fraction of sp³-hybridized carbons (Fsp3) is 0.583. The molecule has 4 heteroatoms. The molecule has 1 saturated carbocycles. The lowest BCUT2D eigenvalue weighted by Crippen LogP contribution is -2.32. The van der Waals surface area contributed by atoms with Gasteiger partial charge >= 0.3 is 0 Å². The Balaban J connectivity index is 1.91.